The van der Waals surface area contributed by atoms with Crippen LogP contribution in [0.3, 0.4) is 0 Å². The Morgan fingerprint density at radius 3 is 2.67 bits per heavy atom. The van der Waals surface area contributed by atoms with Crippen molar-refractivity contribution in [3.63, 3.8) is 0 Å². The first-order chi connectivity index (χ1) is 6.90. The van der Waals surface area contributed by atoms with Gasteiger partial charge in [0.15, 0.2) is 0 Å². The van der Waals surface area contributed by atoms with Crippen LogP contribution in [0.15, 0.2) is 6.33 Å². The summed E-state index contributed by atoms with van der Waals surface area (Å²) in [6, 6.07) is 0.318. The van der Waals surface area contributed by atoms with E-state index in [1.807, 2.05) is 25.5 Å². The molecule has 5 nitrogen and oxygen atoms in total. The van der Waals surface area contributed by atoms with Gasteiger partial charge < -0.3 is 0 Å². The molecule has 0 aliphatic heterocycles. The lowest BCUT2D eigenvalue weighted by Crippen LogP contribution is -2.29. The second-order valence-corrected chi connectivity index (χ2v) is 4.75. The van der Waals surface area contributed by atoms with E-state index in [1.54, 1.807) is 6.33 Å². The summed E-state index contributed by atoms with van der Waals surface area (Å²) in [6.07, 6.45) is 1.56. The average Bonchev–Trinajstić information content (AvgIpc) is 2.49. The summed E-state index contributed by atoms with van der Waals surface area (Å²) < 4.78 is 1.87. The van der Waals surface area contributed by atoms with Crippen molar-refractivity contribution in [1.29, 1.82) is 0 Å². The number of nitrogens with one attached hydrogen (secondary N) is 1. The zero-order chi connectivity index (χ0) is 11.5. The van der Waals surface area contributed by atoms with Crippen LogP contribution in [0.5, 0.6) is 0 Å². The van der Waals surface area contributed by atoms with Crippen LogP contribution in [-0.2, 0) is 11.4 Å². The lowest BCUT2D eigenvalue weighted by atomic mass is 10.2. The van der Waals surface area contributed by atoms with Crippen LogP contribution < -0.4 is 5.48 Å². The van der Waals surface area contributed by atoms with Gasteiger partial charge in [-0.15, -0.1) is 0 Å². The molecule has 1 aromatic rings. The molecule has 0 aromatic carbocycles. The Kier molecular flexibility index (Phi) is 3.82. The quantitative estimate of drug-likeness (QED) is 0.771. The molecule has 0 saturated carbocycles. The maximum absolute atomic E-state index is 5.41. The summed E-state index contributed by atoms with van der Waals surface area (Å²) in [7, 11) is 0. The molecule has 0 saturated heterocycles. The third kappa shape index (κ3) is 3.97. The van der Waals surface area contributed by atoms with E-state index in [0.29, 0.717) is 12.6 Å². The van der Waals surface area contributed by atoms with Crippen LogP contribution >= 0.6 is 0 Å². The Morgan fingerprint density at radius 1 is 1.47 bits per heavy atom. The van der Waals surface area contributed by atoms with Gasteiger partial charge in [0, 0.05) is 6.04 Å². The van der Waals surface area contributed by atoms with Crippen LogP contribution in [0.2, 0.25) is 0 Å². The normalized spacial score (nSPS) is 12.4. The third-order valence-corrected chi connectivity index (χ3v) is 1.75. The molecule has 0 aliphatic carbocycles. The standard InChI is InChI=1S/C10H20N4O/c1-8(2)14-9(11-7-12-14)6-13-15-10(3,4)5/h7-8,13H,6H2,1-5H3. The number of hydrogen-bond donors (Lipinski definition) is 1. The Balaban J connectivity index is 2.47. The van der Waals surface area contributed by atoms with Gasteiger partial charge in [0.05, 0.1) is 12.1 Å². The highest BCUT2D eigenvalue weighted by molar-refractivity contribution is 4.84. The molecule has 0 aliphatic rings. The number of hydroxylamine groups is 1. The predicted molar refractivity (Wildman–Crippen MR) is 58.1 cm³/mol. The van der Waals surface area contributed by atoms with Gasteiger partial charge in [-0.3, -0.25) is 4.84 Å². The smallest absolute Gasteiger partial charge is 0.143 e. The van der Waals surface area contributed by atoms with Gasteiger partial charge in [-0.05, 0) is 34.6 Å². The lowest BCUT2D eigenvalue weighted by molar-refractivity contribution is -0.0769. The molecule has 0 spiro atoms. The van der Waals surface area contributed by atoms with Crippen molar-refractivity contribution >= 4 is 0 Å². The molecule has 1 aromatic heterocycles. The maximum Gasteiger partial charge on any atom is 0.143 e. The fourth-order valence-electron chi connectivity index (χ4n) is 1.15. The van der Waals surface area contributed by atoms with Gasteiger partial charge in [0.25, 0.3) is 0 Å². The van der Waals surface area contributed by atoms with E-state index in [9.17, 15) is 0 Å². The Labute approximate surface area is 90.8 Å². The fourth-order valence-corrected chi connectivity index (χ4v) is 1.15. The van der Waals surface area contributed by atoms with E-state index in [-0.39, 0.29) is 5.60 Å². The van der Waals surface area contributed by atoms with Crippen LogP contribution in [0, 0.1) is 0 Å². The highest BCUT2D eigenvalue weighted by Gasteiger charge is 2.12. The lowest BCUT2D eigenvalue weighted by Gasteiger charge is -2.19. The Bertz CT molecular complexity index is 301. The molecule has 0 unspecified atom stereocenters. The molecule has 86 valence electrons. The summed E-state index contributed by atoms with van der Waals surface area (Å²) in [4.78, 5) is 9.57. The van der Waals surface area contributed by atoms with Gasteiger partial charge in [-0.2, -0.15) is 10.6 Å². The van der Waals surface area contributed by atoms with E-state index < -0.39 is 0 Å². The molecule has 0 atom stereocenters. The summed E-state index contributed by atoms with van der Waals surface area (Å²) in [6.45, 7) is 10.7. The minimum Gasteiger partial charge on any atom is -0.296 e. The molecule has 15 heavy (non-hydrogen) atoms. The minimum atomic E-state index is -0.192. The molecule has 0 fully saturated rings. The van der Waals surface area contributed by atoms with Crippen LogP contribution in [0.25, 0.3) is 0 Å². The van der Waals surface area contributed by atoms with Crippen molar-refractivity contribution in [3.8, 4) is 0 Å². The van der Waals surface area contributed by atoms with E-state index in [4.69, 9.17) is 4.84 Å². The zero-order valence-corrected chi connectivity index (χ0v) is 10.1. The largest absolute Gasteiger partial charge is 0.296 e. The summed E-state index contributed by atoms with van der Waals surface area (Å²) in [5.41, 5.74) is 2.71. The monoisotopic (exact) mass is 212 g/mol. The van der Waals surface area contributed by atoms with E-state index in [2.05, 4.69) is 29.4 Å². The first-order valence-corrected chi connectivity index (χ1v) is 5.19. The highest BCUT2D eigenvalue weighted by atomic mass is 16.7. The summed E-state index contributed by atoms with van der Waals surface area (Å²) in [5, 5.41) is 4.14. The van der Waals surface area contributed by atoms with Crippen molar-refractivity contribution in [3.05, 3.63) is 12.2 Å². The molecule has 0 amide bonds. The van der Waals surface area contributed by atoms with Gasteiger partial charge in [0.1, 0.15) is 12.2 Å². The molecule has 1 heterocycles. The van der Waals surface area contributed by atoms with Gasteiger partial charge in [-0.1, -0.05) is 0 Å². The molecule has 0 bridgehead atoms. The van der Waals surface area contributed by atoms with Crippen LogP contribution in [-0.4, -0.2) is 20.4 Å². The predicted octanol–water partition coefficient (Wildman–Crippen LogP) is 1.68. The van der Waals surface area contributed by atoms with E-state index in [0.717, 1.165) is 5.82 Å². The number of aromatic nitrogens is 3. The van der Waals surface area contributed by atoms with Crippen LogP contribution in [0.1, 0.15) is 46.5 Å². The van der Waals surface area contributed by atoms with Gasteiger partial charge >= 0.3 is 0 Å². The second kappa shape index (κ2) is 4.72. The minimum absolute atomic E-state index is 0.192. The maximum atomic E-state index is 5.41. The van der Waals surface area contributed by atoms with Crippen molar-refractivity contribution in [2.45, 2.75) is 52.8 Å². The second-order valence-electron chi connectivity index (χ2n) is 4.75. The highest BCUT2D eigenvalue weighted by Crippen LogP contribution is 2.07. The Hall–Kier alpha value is -0.940. The summed E-state index contributed by atoms with van der Waals surface area (Å²) in [5.74, 6) is 0.884. The molecular weight excluding hydrogens is 192 g/mol. The zero-order valence-electron chi connectivity index (χ0n) is 10.1. The number of rotatable bonds is 4. The molecule has 1 N–H and O–H groups in total. The molecule has 5 heteroatoms. The van der Waals surface area contributed by atoms with Crippen molar-refractivity contribution in [1.82, 2.24) is 20.2 Å². The third-order valence-electron chi connectivity index (χ3n) is 1.75. The van der Waals surface area contributed by atoms with E-state index in [1.165, 1.54) is 0 Å². The molecule has 0 radical (unpaired) electrons. The fraction of sp³-hybridized carbons (Fsp3) is 0.800. The van der Waals surface area contributed by atoms with Gasteiger partial charge in [-0.25, -0.2) is 9.67 Å². The van der Waals surface area contributed by atoms with Crippen molar-refractivity contribution in [2.75, 3.05) is 0 Å². The average molecular weight is 212 g/mol. The number of nitrogens with zero attached hydrogens (tertiary/aromatic N) is 3. The van der Waals surface area contributed by atoms with Gasteiger partial charge in [0.2, 0.25) is 0 Å². The Morgan fingerprint density at radius 2 is 2.13 bits per heavy atom. The van der Waals surface area contributed by atoms with E-state index >= 15 is 0 Å². The van der Waals surface area contributed by atoms with Crippen molar-refractivity contribution in [2.24, 2.45) is 0 Å². The first kappa shape index (κ1) is 12.1. The SMILES string of the molecule is CC(C)n1ncnc1CNOC(C)(C)C. The first-order valence-electron chi connectivity index (χ1n) is 5.19. The molecule has 1 rings (SSSR count). The number of hydrogen-bond acceptors (Lipinski definition) is 4. The van der Waals surface area contributed by atoms with Crippen molar-refractivity contribution < 1.29 is 4.84 Å². The molecular formula is C10H20N4O. The van der Waals surface area contributed by atoms with Crippen LogP contribution in [0.4, 0.5) is 0 Å². The summed E-state index contributed by atoms with van der Waals surface area (Å²) >= 11 is 0. The topological polar surface area (TPSA) is 52.0 Å².